The largest absolute Gasteiger partial charge is 0.493 e. The van der Waals surface area contributed by atoms with Gasteiger partial charge >= 0.3 is 0 Å². The number of hydrogen-bond donors (Lipinski definition) is 2. The Kier molecular flexibility index (Phi) is 7.49. The number of hydrogen-bond acceptors (Lipinski definition) is 9. The molecule has 1 aromatic carbocycles. The maximum Gasteiger partial charge on any atom is 0.224 e. The quantitative estimate of drug-likeness (QED) is 0.565. The van der Waals surface area contributed by atoms with Gasteiger partial charge in [-0.25, -0.2) is 4.98 Å². The van der Waals surface area contributed by atoms with Crippen LogP contribution in [0.5, 0.6) is 17.2 Å². The Morgan fingerprint density at radius 2 is 1.76 bits per heavy atom. The van der Waals surface area contributed by atoms with Gasteiger partial charge in [0.25, 0.3) is 0 Å². The molecule has 3 N–H and O–H groups in total. The van der Waals surface area contributed by atoms with Crippen molar-refractivity contribution in [2.75, 3.05) is 32.4 Å². The van der Waals surface area contributed by atoms with Crippen molar-refractivity contribution in [1.29, 1.82) is 0 Å². The van der Waals surface area contributed by atoms with Crippen molar-refractivity contribution in [3.8, 4) is 17.2 Å². The van der Waals surface area contributed by atoms with Gasteiger partial charge in [-0.2, -0.15) is 4.98 Å². The summed E-state index contributed by atoms with van der Waals surface area (Å²) in [7, 11) is 4.72. The van der Waals surface area contributed by atoms with Crippen molar-refractivity contribution in [3.63, 3.8) is 0 Å². The van der Waals surface area contributed by atoms with Gasteiger partial charge in [-0.05, 0) is 24.6 Å². The molecule has 0 fully saturated rings. The highest BCUT2D eigenvalue weighted by Crippen LogP contribution is 2.38. The maximum absolute atomic E-state index is 6.13. The SMILES string of the molecule is COc1cc(Cc2cnc(NCc3cc(C)no3)nc2N)cc(OC)c1OC.Cl. The number of benzene rings is 1. The summed E-state index contributed by atoms with van der Waals surface area (Å²) in [6.45, 7) is 2.28. The summed E-state index contributed by atoms with van der Waals surface area (Å²) in [5, 5.41) is 6.90. The first-order chi connectivity index (χ1) is 13.5. The van der Waals surface area contributed by atoms with Gasteiger partial charge in [-0.3, -0.25) is 0 Å². The van der Waals surface area contributed by atoms with Crippen molar-refractivity contribution >= 4 is 24.2 Å². The van der Waals surface area contributed by atoms with E-state index in [1.165, 1.54) is 0 Å². The van der Waals surface area contributed by atoms with Crippen LogP contribution in [0.25, 0.3) is 0 Å². The fourth-order valence-corrected chi connectivity index (χ4v) is 2.76. The van der Waals surface area contributed by atoms with Crippen LogP contribution in [-0.4, -0.2) is 36.5 Å². The van der Waals surface area contributed by atoms with Crippen LogP contribution in [0.2, 0.25) is 0 Å². The molecule has 0 radical (unpaired) electrons. The van der Waals surface area contributed by atoms with Gasteiger partial charge in [0.2, 0.25) is 11.7 Å². The Balaban J connectivity index is 0.00000300. The number of rotatable bonds is 8. The Morgan fingerprint density at radius 3 is 2.28 bits per heavy atom. The standard InChI is InChI=1S/C19H23N5O4.ClH/c1-11-5-14(28-24-11)10-22-19-21-9-13(18(20)23-19)6-12-7-15(25-2)17(27-4)16(8-12)26-3;/h5,7-9H,6,10H2,1-4H3,(H3,20,21,22,23);1H. The molecule has 9 nitrogen and oxygen atoms in total. The average molecular weight is 422 g/mol. The molecule has 0 saturated carbocycles. The van der Waals surface area contributed by atoms with Crippen molar-refractivity contribution in [3.05, 3.63) is 47.0 Å². The smallest absolute Gasteiger partial charge is 0.224 e. The Labute approximate surface area is 175 Å². The molecule has 2 heterocycles. The van der Waals surface area contributed by atoms with E-state index in [4.69, 9.17) is 24.5 Å². The summed E-state index contributed by atoms with van der Waals surface area (Å²) < 4.78 is 21.3. The molecule has 3 rings (SSSR count). The minimum atomic E-state index is 0. The van der Waals surface area contributed by atoms with E-state index < -0.39 is 0 Å². The highest BCUT2D eigenvalue weighted by molar-refractivity contribution is 5.85. The van der Waals surface area contributed by atoms with Crippen LogP contribution in [0.3, 0.4) is 0 Å². The average Bonchev–Trinajstić information content (AvgIpc) is 3.12. The minimum Gasteiger partial charge on any atom is -0.493 e. The van der Waals surface area contributed by atoms with Gasteiger partial charge in [0.1, 0.15) is 5.82 Å². The summed E-state index contributed by atoms with van der Waals surface area (Å²) in [6.07, 6.45) is 2.21. The van der Waals surface area contributed by atoms with Gasteiger partial charge < -0.3 is 29.8 Å². The number of nitrogens with one attached hydrogen (secondary N) is 1. The zero-order valence-corrected chi connectivity index (χ0v) is 17.5. The summed E-state index contributed by atoms with van der Waals surface area (Å²) in [6, 6.07) is 5.59. The van der Waals surface area contributed by atoms with Crippen molar-refractivity contribution in [1.82, 2.24) is 15.1 Å². The molecular weight excluding hydrogens is 398 g/mol. The van der Waals surface area contributed by atoms with Gasteiger partial charge in [0.05, 0.1) is 33.6 Å². The second-order valence-corrected chi connectivity index (χ2v) is 6.10. The highest BCUT2D eigenvalue weighted by Gasteiger charge is 2.15. The number of ether oxygens (including phenoxy) is 3. The number of anilines is 2. The lowest BCUT2D eigenvalue weighted by atomic mass is 10.1. The first kappa shape index (κ1) is 22.1. The first-order valence-corrected chi connectivity index (χ1v) is 8.60. The van der Waals surface area contributed by atoms with Crippen LogP contribution >= 0.6 is 12.4 Å². The zero-order chi connectivity index (χ0) is 20.1. The Hall–Kier alpha value is -3.20. The van der Waals surface area contributed by atoms with Crippen LogP contribution in [0.4, 0.5) is 11.8 Å². The molecule has 0 unspecified atom stereocenters. The number of nitrogens with zero attached hydrogens (tertiary/aromatic N) is 3. The van der Waals surface area contributed by atoms with E-state index >= 15 is 0 Å². The predicted octanol–water partition coefficient (Wildman–Crippen LogP) is 3.01. The zero-order valence-electron chi connectivity index (χ0n) is 16.7. The second kappa shape index (κ2) is 9.83. The fraction of sp³-hybridized carbons (Fsp3) is 0.316. The number of methoxy groups -OCH3 is 3. The lowest BCUT2D eigenvalue weighted by molar-refractivity contribution is 0.324. The molecule has 0 spiro atoms. The number of halogens is 1. The van der Waals surface area contributed by atoms with Crippen LogP contribution in [-0.2, 0) is 13.0 Å². The van der Waals surface area contributed by atoms with Crippen molar-refractivity contribution < 1.29 is 18.7 Å². The third-order valence-corrected chi connectivity index (χ3v) is 4.11. The summed E-state index contributed by atoms with van der Waals surface area (Å²) >= 11 is 0. The second-order valence-electron chi connectivity index (χ2n) is 6.10. The van der Waals surface area contributed by atoms with E-state index in [9.17, 15) is 0 Å². The minimum absolute atomic E-state index is 0. The topological polar surface area (TPSA) is 118 Å². The molecule has 0 bridgehead atoms. The lowest BCUT2D eigenvalue weighted by Gasteiger charge is -2.14. The van der Waals surface area contributed by atoms with E-state index in [2.05, 4.69) is 20.4 Å². The molecule has 0 amide bonds. The molecule has 0 aliphatic carbocycles. The predicted molar refractivity (Wildman–Crippen MR) is 111 cm³/mol. The van der Waals surface area contributed by atoms with E-state index in [-0.39, 0.29) is 12.4 Å². The van der Waals surface area contributed by atoms with Gasteiger partial charge in [0, 0.05) is 24.2 Å². The van der Waals surface area contributed by atoms with Crippen LogP contribution < -0.4 is 25.3 Å². The molecule has 2 aromatic heterocycles. The van der Waals surface area contributed by atoms with E-state index in [1.807, 2.05) is 25.1 Å². The van der Waals surface area contributed by atoms with E-state index in [0.717, 1.165) is 16.8 Å². The highest BCUT2D eigenvalue weighted by atomic mass is 35.5. The number of nitrogens with two attached hydrogens (primary N) is 1. The molecular formula is C19H24ClN5O4. The molecule has 3 aromatic rings. The van der Waals surface area contributed by atoms with Crippen molar-refractivity contribution in [2.24, 2.45) is 0 Å². The summed E-state index contributed by atoms with van der Waals surface area (Å²) in [5.74, 6) is 3.20. The fourth-order valence-electron chi connectivity index (χ4n) is 2.76. The van der Waals surface area contributed by atoms with E-state index in [1.54, 1.807) is 27.5 Å². The Morgan fingerprint density at radius 1 is 1.07 bits per heavy atom. The van der Waals surface area contributed by atoms with Crippen LogP contribution in [0, 0.1) is 6.92 Å². The van der Waals surface area contributed by atoms with Crippen LogP contribution in [0.1, 0.15) is 22.6 Å². The summed E-state index contributed by atoms with van der Waals surface area (Å²) in [5.41, 5.74) is 8.66. The number of aryl methyl sites for hydroxylation is 1. The van der Waals surface area contributed by atoms with E-state index in [0.29, 0.717) is 47.7 Å². The normalized spacial score (nSPS) is 10.2. The maximum atomic E-state index is 6.13. The molecule has 0 aliphatic rings. The van der Waals surface area contributed by atoms with Crippen LogP contribution in [0.15, 0.2) is 28.9 Å². The third kappa shape index (κ3) is 5.20. The lowest BCUT2D eigenvalue weighted by Crippen LogP contribution is -2.07. The molecule has 0 aliphatic heterocycles. The molecule has 10 heteroatoms. The summed E-state index contributed by atoms with van der Waals surface area (Å²) in [4.78, 5) is 8.64. The van der Waals surface area contributed by atoms with Gasteiger partial charge in [0.15, 0.2) is 17.3 Å². The Bertz CT molecular complexity index is 939. The number of nitrogen functional groups attached to an aromatic ring is 1. The number of aromatic nitrogens is 3. The first-order valence-electron chi connectivity index (χ1n) is 8.60. The molecule has 156 valence electrons. The monoisotopic (exact) mass is 421 g/mol. The third-order valence-electron chi connectivity index (χ3n) is 4.11. The molecule has 29 heavy (non-hydrogen) atoms. The van der Waals surface area contributed by atoms with Crippen molar-refractivity contribution in [2.45, 2.75) is 19.9 Å². The van der Waals surface area contributed by atoms with Gasteiger partial charge in [-0.15, -0.1) is 12.4 Å². The van der Waals surface area contributed by atoms with Gasteiger partial charge in [-0.1, -0.05) is 5.16 Å². The molecule has 0 saturated heterocycles. The molecule has 0 atom stereocenters.